The van der Waals surface area contributed by atoms with Crippen molar-refractivity contribution in [1.82, 2.24) is 15.3 Å². The third kappa shape index (κ3) is 3.20. The van der Waals surface area contributed by atoms with Crippen molar-refractivity contribution in [2.45, 2.75) is 32.7 Å². The van der Waals surface area contributed by atoms with Gasteiger partial charge >= 0.3 is 5.69 Å². The lowest BCUT2D eigenvalue weighted by Gasteiger charge is -2.25. The fourth-order valence-electron chi connectivity index (χ4n) is 1.88. The summed E-state index contributed by atoms with van der Waals surface area (Å²) in [5.74, 6) is 1.15. The Kier molecular flexibility index (Phi) is 4.51. The molecule has 0 spiro atoms. The molecule has 1 N–H and O–H groups in total. The van der Waals surface area contributed by atoms with E-state index in [2.05, 4.69) is 36.1 Å². The molecule has 0 aromatic carbocycles. The van der Waals surface area contributed by atoms with Crippen LogP contribution in [0.5, 0.6) is 0 Å². The molecule has 2 unspecified atom stereocenters. The van der Waals surface area contributed by atoms with Gasteiger partial charge in [0.25, 0.3) is 0 Å². The summed E-state index contributed by atoms with van der Waals surface area (Å²) in [5, 5.41) is 13.7. The van der Waals surface area contributed by atoms with Gasteiger partial charge in [-0.15, -0.1) is 0 Å². The molecular formula is C11H18N4O2. The van der Waals surface area contributed by atoms with Crippen molar-refractivity contribution in [1.29, 1.82) is 0 Å². The first-order valence-corrected chi connectivity index (χ1v) is 5.61. The van der Waals surface area contributed by atoms with Crippen LogP contribution in [0.1, 0.15) is 32.5 Å². The average molecular weight is 238 g/mol. The van der Waals surface area contributed by atoms with Crippen molar-refractivity contribution in [3.63, 3.8) is 0 Å². The van der Waals surface area contributed by atoms with Crippen molar-refractivity contribution >= 4 is 5.69 Å². The molecule has 0 fully saturated rings. The number of likely N-dealkylation sites (N-methyl/N-ethyl adjacent to an activating group) is 1. The van der Waals surface area contributed by atoms with E-state index in [0.717, 1.165) is 0 Å². The third-order valence-electron chi connectivity index (χ3n) is 2.88. The normalized spacial score (nSPS) is 14.6. The minimum absolute atomic E-state index is 0.0756. The zero-order valence-electron chi connectivity index (χ0n) is 10.5. The molecule has 1 rings (SSSR count). The molecule has 1 aromatic rings. The second kappa shape index (κ2) is 5.67. The molecule has 2 atom stereocenters. The van der Waals surface area contributed by atoms with Crippen molar-refractivity contribution in [3.8, 4) is 0 Å². The van der Waals surface area contributed by atoms with E-state index in [4.69, 9.17) is 0 Å². The largest absolute Gasteiger partial charge is 0.317 e. The highest BCUT2D eigenvalue weighted by molar-refractivity contribution is 5.22. The van der Waals surface area contributed by atoms with Crippen LogP contribution in [0, 0.1) is 16.0 Å². The summed E-state index contributed by atoms with van der Waals surface area (Å²) < 4.78 is 0. The molecule has 1 aromatic heterocycles. The van der Waals surface area contributed by atoms with Crippen molar-refractivity contribution in [2.75, 3.05) is 7.05 Å². The van der Waals surface area contributed by atoms with Crippen LogP contribution in [0.2, 0.25) is 0 Å². The lowest BCUT2D eigenvalue weighted by atomic mass is 9.88. The van der Waals surface area contributed by atoms with Crippen LogP contribution >= 0.6 is 0 Å². The third-order valence-corrected chi connectivity index (χ3v) is 2.88. The molecule has 17 heavy (non-hydrogen) atoms. The topological polar surface area (TPSA) is 81.0 Å². The van der Waals surface area contributed by atoms with Gasteiger partial charge in [-0.1, -0.05) is 13.8 Å². The van der Waals surface area contributed by atoms with Gasteiger partial charge in [0.15, 0.2) is 0 Å². The lowest BCUT2D eigenvalue weighted by Crippen LogP contribution is -2.33. The maximum absolute atomic E-state index is 10.5. The second-order valence-electron chi connectivity index (χ2n) is 4.40. The Morgan fingerprint density at radius 3 is 2.18 bits per heavy atom. The summed E-state index contributed by atoms with van der Waals surface area (Å²) in [6.45, 7) is 6.22. The Bertz CT molecular complexity index is 378. The van der Waals surface area contributed by atoms with E-state index in [9.17, 15) is 10.1 Å². The number of hydrogen-bond donors (Lipinski definition) is 1. The first-order valence-electron chi connectivity index (χ1n) is 5.61. The average Bonchev–Trinajstić information content (AvgIpc) is 2.29. The number of hydrogen-bond acceptors (Lipinski definition) is 5. The van der Waals surface area contributed by atoms with E-state index in [1.165, 1.54) is 12.4 Å². The first kappa shape index (κ1) is 13.5. The predicted octanol–water partition coefficient (Wildman–Crippen LogP) is 1.73. The van der Waals surface area contributed by atoms with Gasteiger partial charge < -0.3 is 5.32 Å². The number of aromatic nitrogens is 2. The SMILES string of the molecule is CNC(C)C(c1ncc([N+](=O)[O-])cn1)C(C)C. The number of nitrogens with zero attached hydrogens (tertiary/aromatic N) is 3. The number of nitro groups is 1. The molecular weight excluding hydrogens is 220 g/mol. The molecule has 0 aliphatic carbocycles. The van der Waals surface area contributed by atoms with Gasteiger partial charge in [-0.3, -0.25) is 10.1 Å². The van der Waals surface area contributed by atoms with Crippen LogP contribution < -0.4 is 5.32 Å². The monoisotopic (exact) mass is 238 g/mol. The second-order valence-corrected chi connectivity index (χ2v) is 4.40. The summed E-state index contributed by atoms with van der Waals surface area (Å²) in [4.78, 5) is 18.2. The number of rotatable bonds is 5. The van der Waals surface area contributed by atoms with Crippen LogP contribution in [-0.2, 0) is 0 Å². The minimum Gasteiger partial charge on any atom is -0.317 e. The van der Waals surface area contributed by atoms with E-state index in [0.29, 0.717) is 11.7 Å². The highest BCUT2D eigenvalue weighted by Gasteiger charge is 2.24. The molecule has 6 nitrogen and oxygen atoms in total. The summed E-state index contributed by atoms with van der Waals surface area (Å²) in [6, 6.07) is 0.219. The summed E-state index contributed by atoms with van der Waals surface area (Å²) in [5.41, 5.74) is -0.0756. The summed E-state index contributed by atoms with van der Waals surface area (Å²) >= 11 is 0. The van der Waals surface area contributed by atoms with Gasteiger partial charge in [0.2, 0.25) is 0 Å². The standard InChI is InChI=1S/C11H18N4O2/c1-7(2)10(8(3)12-4)11-13-5-9(6-14-11)15(16)17/h5-8,10,12H,1-4H3. The molecule has 0 saturated heterocycles. The van der Waals surface area contributed by atoms with E-state index < -0.39 is 4.92 Å². The van der Waals surface area contributed by atoms with Crippen LogP contribution in [0.15, 0.2) is 12.4 Å². The van der Waals surface area contributed by atoms with Crippen LogP contribution in [0.4, 0.5) is 5.69 Å². The maximum Gasteiger partial charge on any atom is 0.305 e. The predicted molar refractivity (Wildman–Crippen MR) is 64.8 cm³/mol. The lowest BCUT2D eigenvalue weighted by molar-refractivity contribution is -0.385. The van der Waals surface area contributed by atoms with Crippen LogP contribution in [0.3, 0.4) is 0 Å². The Balaban J connectivity index is 2.99. The molecule has 0 amide bonds. The molecule has 94 valence electrons. The Labute approximate surface area is 101 Å². The Hall–Kier alpha value is -1.56. The van der Waals surface area contributed by atoms with E-state index in [1.54, 1.807) is 0 Å². The van der Waals surface area contributed by atoms with Gasteiger partial charge in [0.05, 0.1) is 4.92 Å². The van der Waals surface area contributed by atoms with Crippen molar-refractivity contribution in [3.05, 3.63) is 28.3 Å². The highest BCUT2D eigenvalue weighted by atomic mass is 16.6. The van der Waals surface area contributed by atoms with Crippen LogP contribution in [-0.4, -0.2) is 28.0 Å². The molecule has 0 radical (unpaired) electrons. The summed E-state index contributed by atoms with van der Waals surface area (Å²) in [6.07, 6.45) is 2.53. The quantitative estimate of drug-likeness (QED) is 0.624. The fourth-order valence-corrected chi connectivity index (χ4v) is 1.88. The van der Waals surface area contributed by atoms with Crippen molar-refractivity contribution < 1.29 is 4.92 Å². The van der Waals surface area contributed by atoms with Gasteiger partial charge in [-0.05, 0) is 19.9 Å². The van der Waals surface area contributed by atoms with E-state index in [-0.39, 0.29) is 17.6 Å². The molecule has 6 heteroatoms. The van der Waals surface area contributed by atoms with Gasteiger partial charge in [0, 0.05) is 12.0 Å². The van der Waals surface area contributed by atoms with E-state index in [1.807, 2.05) is 7.05 Å². The van der Waals surface area contributed by atoms with Gasteiger partial charge in [0.1, 0.15) is 18.2 Å². The summed E-state index contributed by atoms with van der Waals surface area (Å²) in [7, 11) is 1.88. The zero-order chi connectivity index (χ0) is 13.0. The maximum atomic E-state index is 10.5. The van der Waals surface area contributed by atoms with Crippen LogP contribution in [0.25, 0.3) is 0 Å². The molecule has 0 bridgehead atoms. The number of nitrogens with one attached hydrogen (secondary N) is 1. The first-order chi connectivity index (χ1) is 7.97. The smallest absolute Gasteiger partial charge is 0.305 e. The molecule has 0 aliphatic rings. The van der Waals surface area contributed by atoms with Gasteiger partial charge in [-0.25, -0.2) is 9.97 Å². The highest BCUT2D eigenvalue weighted by Crippen LogP contribution is 2.25. The molecule has 1 heterocycles. The van der Waals surface area contributed by atoms with Crippen molar-refractivity contribution in [2.24, 2.45) is 5.92 Å². The van der Waals surface area contributed by atoms with E-state index >= 15 is 0 Å². The van der Waals surface area contributed by atoms with Gasteiger partial charge in [-0.2, -0.15) is 0 Å². The minimum atomic E-state index is -0.490. The molecule has 0 saturated carbocycles. The Morgan fingerprint density at radius 1 is 1.29 bits per heavy atom. The molecule has 0 aliphatic heterocycles. The Morgan fingerprint density at radius 2 is 1.82 bits per heavy atom. The fraction of sp³-hybridized carbons (Fsp3) is 0.636. The zero-order valence-corrected chi connectivity index (χ0v) is 10.5.